The molecule has 1 aromatic heterocycles. The van der Waals surface area contributed by atoms with Crippen LogP contribution >= 0.6 is 0 Å². The molecule has 2 rings (SSSR count). The van der Waals surface area contributed by atoms with Crippen molar-refractivity contribution in [1.82, 2.24) is 4.98 Å². The molecule has 0 atom stereocenters. The number of pyridine rings is 1. The van der Waals surface area contributed by atoms with E-state index in [9.17, 15) is 4.79 Å². The van der Waals surface area contributed by atoms with Crippen LogP contribution in [0.15, 0.2) is 36.7 Å². The van der Waals surface area contributed by atoms with Gasteiger partial charge in [-0.2, -0.15) is 0 Å². The van der Waals surface area contributed by atoms with Gasteiger partial charge in [-0.05, 0) is 31.0 Å². The molecule has 19 heavy (non-hydrogen) atoms. The first-order valence-corrected chi connectivity index (χ1v) is 6.18. The van der Waals surface area contributed by atoms with E-state index in [1.807, 2.05) is 19.9 Å². The lowest BCUT2D eigenvalue weighted by Gasteiger charge is -2.07. The summed E-state index contributed by atoms with van der Waals surface area (Å²) < 4.78 is 5.08. The summed E-state index contributed by atoms with van der Waals surface area (Å²) in [6.45, 7) is 4.05. The van der Waals surface area contributed by atoms with Gasteiger partial charge in [0.1, 0.15) is 5.75 Å². The molecule has 0 fully saturated rings. The SMILES string of the molecule is COc1cncc(C(=O)Cc2cc(C)ccc2C)c1. The van der Waals surface area contributed by atoms with E-state index in [2.05, 4.69) is 17.1 Å². The summed E-state index contributed by atoms with van der Waals surface area (Å²) in [6, 6.07) is 7.87. The van der Waals surface area contributed by atoms with Crippen molar-refractivity contribution in [3.05, 3.63) is 58.9 Å². The molecule has 0 saturated heterocycles. The Morgan fingerprint density at radius 1 is 1.21 bits per heavy atom. The van der Waals surface area contributed by atoms with Gasteiger partial charge in [0.25, 0.3) is 0 Å². The second kappa shape index (κ2) is 5.65. The fourth-order valence-corrected chi connectivity index (χ4v) is 1.95. The van der Waals surface area contributed by atoms with Gasteiger partial charge in [0.15, 0.2) is 5.78 Å². The molecule has 3 nitrogen and oxygen atoms in total. The van der Waals surface area contributed by atoms with Crippen LogP contribution in [0.25, 0.3) is 0 Å². The Labute approximate surface area is 113 Å². The van der Waals surface area contributed by atoms with Crippen molar-refractivity contribution in [1.29, 1.82) is 0 Å². The van der Waals surface area contributed by atoms with Crippen molar-refractivity contribution in [3.63, 3.8) is 0 Å². The third kappa shape index (κ3) is 3.19. The quantitative estimate of drug-likeness (QED) is 0.788. The molecule has 0 aliphatic heterocycles. The number of nitrogens with zero attached hydrogens (tertiary/aromatic N) is 1. The molecule has 1 aromatic carbocycles. The van der Waals surface area contributed by atoms with Crippen molar-refractivity contribution < 1.29 is 9.53 Å². The van der Waals surface area contributed by atoms with Gasteiger partial charge in [-0.3, -0.25) is 9.78 Å². The lowest BCUT2D eigenvalue weighted by atomic mass is 9.98. The average molecular weight is 255 g/mol. The summed E-state index contributed by atoms with van der Waals surface area (Å²) in [6.07, 6.45) is 3.56. The molecule has 2 aromatic rings. The maximum atomic E-state index is 12.3. The highest BCUT2D eigenvalue weighted by Gasteiger charge is 2.10. The Balaban J connectivity index is 2.22. The molecule has 0 unspecified atom stereocenters. The van der Waals surface area contributed by atoms with Gasteiger partial charge >= 0.3 is 0 Å². The Morgan fingerprint density at radius 2 is 2.00 bits per heavy atom. The first-order chi connectivity index (χ1) is 9.10. The highest BCUT2D eigenvalue weighted by atomic mass is 16.5. The van der Waals surface area contributed by atoms with Crippen LogP contribution in [0.3, 0.4) is 0 Å². The topological polar surface area (TPSA) is 39.2 Å². The zero-order valence-corrected chi connectivity index (χ0v) is 11.4. The third-order valence-electron chi connectivity index (χ3n) is 3.13. The minimum absolute atomic E-state index is 0.0556. The number of aromatic nitrogens is 1. The van der Waals surface area contributed by atoms with E-state index in [0.29, 0.717) is 17.7 Å². The smallest absolute Gasteiger partial charge is 0.168 e. The first-order valence-electron chi connectivity index (χ1n) is 6.18. The zero-order chi connectivity index (χ0) is 13.8. The van der Waals surface area contributed by atoms with Gasteiger partial charge in [-0.1, -0.05) is 23.8 Å². The van der Waals surface area contributed by atoms with Gasteiger partial charge in [0, 0.05) is 18.2 Å². The van der Waals surface area contributed by atoms with Crippen molar-refractivity contribution >= 4 is 5.78 Å². The Morgan fingerprint density at radius 3 is 2.74 bits per heavy atom. The number of aryl methyl sites for hydroxylation is 2. The van der Waals surface area contributed by atoms with E-state index >= 15 is 0 Å². The normalized spacial score (nSPS) is 10.3. The number of carbonyl (C=O) groups excluding carboxylic acids is 1. The average Bonchev–Trinajstić information content (AvgIpc) is 2.43. The van der Waals surface area contributed by atoms with E-state index in [4.69, 9.17) is 4.74 Å². The summed E-state index contributed by atoms with van der Waals surface area (Å²) >= 11 is 0. The van der Waals surface area contributed by atoms with Gasteiger partial charge in [0.2, 0.25) is 0 Å². The number of benzene rings is 1. The number of Topliss-reactive ketones (excluding diaryl/α,β-unsaturated/α-hetero) is 1. The monoisotopic (exact) mass is 255 g/mol. The Hall–Kier alpha value is -2.16. The maximum Gasteiger partial charge on any atom is 0.168 e. The molecule has 0 radical (unpaired) electrons. The maximum absolute atomic E-state index is 12.3. The molecule has 0 aliphatic rings. The predicted molar refractivity (Wildman–Crippen MR) is 74.7 cm³/mol. The predicted octanol–water partition coefficient (Wildman–Crippen LogP) is 3.13. The number of carbonyl (C=O) groups is 1. The fraction of sp³-hybridized carbons (Fsp3) is 0.250. The summed E-state index contributed by atoms with van der Waals surface area (Å²) in [7, 11) is 1.57. The molecular formula is C16H17NO2. The van der Waals surface area contributed by atoms with Crippen LogP contribution in [0.2, 0.25) is 0 Å². The van der Waals surface area contributed by atoms with Gasteiger partial charge in [-0.25, -0.2) is 0 Å². The van der Waals surface area contributed by atoms with Crippen molar-refractivity contribution in [2.45, 2.75) is 20.3 Å². The lowest BCUT2D eigenvalue weighted by molar-refractivity contribution is 0.0992. The minimum Gasteiger partial charge on any atom is -0.495 e. The highest BCUT2D eigenvalue weighted by molar-refractivity contribution is 5.97. The van der Waals surface area contributed by atoms with E-state index < -0.39 is 0 Å². The molecule has 0 aliphatic carbocycles. The number of rotatable bonds is 4. The van der Waals surface area contributed by atoms with Crippen molar-refractivity contribution in [2.24, 2.45) is 0 Å². The summed E-state index contributed by atoms with van der Waals surface area (Å²) in [4.78, 5) is 16.3. The van der Waals surface area contributed by atoms with E-state index in [-0.39, 0.29) is 5.78 Å². The largest absolute Gasteiger partial charge is 0.495 e. The minimum atomic E-state index is 0.0556. The van der Waals surface area contributed by atoms with E-state index in [1.54, 1.807) is 25.6 Å². The highest BCUT2D eigenvalue weighted by Crippen LogP contribution is 2.16. The molecule has 1 heterocycles. The van der Waals surface area contributed by atoms with E-state index in [1.165, 1.54) is 0 Å². The molecule has 0 spiro atoms. The Bertz CT molecular complexity index is 605. The van der Waals surface area contributed by atoms with Crippen molar-refractivity contribution in [2.75, 3.05) is 7.11 Å². The number of hydrogen-bond donors (Lipinski definition) is 0. The summed E-state index contributed by atoms with van der Waals surface area (Å²) in [5, 5.41) is 0. The van der Waals surface area contributed by atoms with Crippen LogP contribution in [0.5, 0.6) is 5.75 Å². The van der Waals surface area contributed by atoms with Crippen LogP contribution < -0.4 is 4.74 Å². The third-order valence-corrected chi connectivity index (χ3v) is 3.13. The molecule has 98 valence electrons. The number of methoxy groups -OCH3 is 1. The standard InChI is InChI=1S/C16H17NO2/c1-11-4-5-12(2)13(6-11)8-16(18)14-7-15(19-3)10-17-9-14/h4-7,9-10H,8H2,1-3H3. The van der Waals surface area contributed by atoms with Crippen molar-refractivity contribution in [3.8, 4) is 5.75 Å². The van der Waals surface area contributed by atoms with Crippen LogP contribution in [-0.4, -0.2) is 17.9 Å². The van der Waals surface area contributed by atoms with Gasteiger partial charge in [0.05, 0.1) is 13.3 Å². The van der Waals surface area contributed by atoms with Crippen LogP contribution in [0.4, 0.5) is 0 Å². The lowest BCUT2D eigenvalue weighted by Crippen LogP contribution is -2.06. The molecule has 0 bridgehead atoms. The molecule has 3 heteroatoms. The second-order valence-electron chi connectivity index (χ2n) is 4.64. The van der Waals surface area contributed by atoms with Gasteiger partial charge < -0.3 is 4.74 Å². The second-order valence-corrected chi connectivity index (χ2v) is 4.64. The van der Waals surface area contributed by atoms with Gasteiger partial charge in [-0.15, -0.1) is 0 Å². The molecule has 0 N–H and O–H groups in total. The molecule has 0 saturated carbocycles. The van der Waals surface area contributed by atoms with Crippen LogP contribution in [0, 0.1) is 13.8 Å². The number of ether oxygens (including phenoxy) is 1. The number of hydrogen-bond acceptors (Lipinski definition) is 3. The molecule has 0 amide bonds. The Kier molecular flexibility index (Phi) is 3.95. The number of ketones is 1. The molecular weight excluding hydrogens is 238 g/mol. The van der Waals surface area contributed by atoms with E-state index in [0.717, 1.165) is 16.7 Å². The summed E-state index contributed by atoms with van der Waals surface area (Å²) in [5.41, 5.74) is 3.94. The first kappa shape index (κ1) is 13.3. The summed E-state index contributed by atoms with van der Waals surface area (Å²) in [5.74, 6) is 0.659. The zero-order valence-electron chi connectivity index (χ0n) is 11.4. The van der Waals surface area contributed by atoms with Crippen LogP contribution in [-0.2, 0) is 6.42 Å². The van der Waals surface area contributed by atoms with Crippen LogP contribution in [0.1, 0.15) is 27.0 Å². The fourth-order valence-electron chi connectivity index (χ4n) is 1.95.